The van der Waals surface area contributed by atoms with Crippen LogP contribution in [0.25, 0.3) is 0 Å². The van der Waals surface area contributed by atoms with E-state index in [1.165, 1.54) is 6.26 Å². The molecule has 0 N–H and O–H groups in total. The number of rotatable bonds is 5. The lowest BCUT2D eigenvalue weighted by Gasteiger charge is -2.06. The molecule has 0 radical (unpaired) electrons. The molecule has 0 bridgehead atoms. The van der Waals surface area contributed by atoms with Gasteiger partial charge in [-0.1, -0.05) is 19.4 Å². The van der Waals surface area contributed by atoms with E-state index in [0.29, 0.717) is 17.3 Å². The smallest absolute Gasteiger partial charge is 0.175 e. The summed E-state index contributed by atoms with van der Waals surface area (Å²) in [5, 5.41) is 0. The molecule has 0 aromatic heterocycles. The van der Waals surface area contributed by atoms with Gasteiger partial charge in [-0.05, 0) is 24.6 Å². The fourth-order valence-corrected chi connectivity index (χ4v) is 1.78. The van der Waals surface area contributed by atoms with Crippen molar-refractivity contribution in [2.75, 3.05) is 12.9 Å². The van der Waals surface area contributed by atoms with Gasteiger partial charge in [-0.2, -0.15) is 0 Å². The molecule has 0 aliphatic rings. The van der Waals surface area contributed by atoms with E-state index in [4.69, 9.17) is 4.74 Å². The first-order chi connectivity index (χ1) is 7.04. The maximum absolute atomic E-state index is 11.3. The van der Waals surface area contributed by atoms with Crippen LogP contribution < -0.4 is 4.74 Å². The first-order valence-corrected chi connectivity index (χ1v) is 6.86. The highest BCUT2D eigenvalue weighted by Gasteiger charge is 2.07. The zero-order valence-corrected chi connectivity index (χ0v) is 9.88. The third-order valence-corrected chi connectivity index (χ3v) is 3.11. The molecule has 1 rings (SSSR count). The van der Waals surface area contributed by atoms with Gasteiger partial charge in [0.05, 0.1) is 11.5 Å². The second-order valence-electron chi connectivity index (χ2n) is 3.45. The van der Waals surface area contributed by atoms with E-state index in [0.717, 1.165) is 12.8 Å². The van der Waals surface area contributed by atoms with Crippen molar-refractivity contribution in [2.24, 2.45) is 0 Å². The fourth-order valence-electron chi connectivity index (χ4n) is 1.13. The molecule has 0 aliphatic carbocycles. The number of benzene rings is 1. The van der Waals surface area contributed by atoms with Gasteiger partial charge in [0.2, 0.25) is 0 Å². The second-order valence-corrected chi connectivity index (χ2v) is 5.46. The Morgan fingerprint density at radius 2 is 2.07 bits per heavy atom. The van der Waals surface area contributed by atoms with Crippen molar-refractivity contribution in [1.29, 1.82) is 0 Å². The molecule has 0 heterocycles. The Balaban J connectivity index is 2.75. The number of unbranched alkanes of at least 4 members (excludes halogenated alkanes) is 1. The monoisotopic (exact) mass is 228 g/mol. The molecule has 1 aromatic rings. The molecule has 4 heteroatoms. The standard InChI is InChI=1S/C11H16O3S/c1-3-4-8-14-10-6-5-7-11(9-10)15(2,12)13/h5-7,9H,3-4,8H2,1-2H3. The molecule has 0 saturated heterocycles. The van der Waals surface area contributed by atoms with Crippen molar-refractivity contribution < 1.29 is 13.2 Å². The van der Waals surface area contributed by atoms with Crippen LogP contribution in [0.3, 0.4) is 0 Å². The third-order valence-electron chi connectivity index (χ3n) is 2.00. The Hall–Kier alpha value is -1.03. The Bertz CT molecular complexity index is 410. The molecule has 0 amide bonds. The van der Waals surface area contributed by atoms with Crippen LogP contribution in [0.1, 0.15) is 19.8 Å². The maximum Gasteiger partial charge on any atom is 0.175 e. The largest absolute Gasteiger partial charge is 0.494 e. The van der Waals surface area contributed by atoms with Crippen LogP contribution >= 0.6 is 0 Å². The molecule has 0 saturated carbocycles. The van der Waals surface area contributed by atoms with Gasteiger partial charge in [0.1, 0.15) is 5.75 Å². The lowest BCUT2D eigenvalue weighted by Crippen LogP contribution is -2.00. The topological polar surface area (TPSA) is 43.4 Å². The van der Waals surface area contributed by atoms with Crippen molar-refractivity contribution >= 4 is 9.84 Å². The van der Waals surface area contributed by atoms with Gasteiger partial charge in [0.25, 0.3) is 0 Å². The minimum absolute atomic E-state index is 0.302. The first-order valence-electron chi connectivity index (χ1n) is 4.97. The lowest BCUT2D eigenvalue weighted by atomic mass is 10.3. The van der Waals surface area contributed by atoms with Crippen molar-refractivity contribution in [3.8, 4) is 5.75 Å². The number of ether oxygens (including phenoxy) is 1. The van der Waals surface area contributed by atoms with Gasteiger partial charge in [0.15, 0.2) is 9.84 Å². The normalized spacial score (nSPS) is 11.3. The predicted octanol–water partition coefficient (Wildman–Crippen LogP) is 2.27. The minimum Gasteiger partial charge on any atom is -0.494 e. The van der Waals surface area contributed by atoms with Gasteiger partial charge in [0, 0.05) is 6.26 Å². The van der Waals surface area contributed by atoms with E-state index in [2.05, 4.69) is 6.92 Å². The zero-order chi connectivity index (χ0) is 11.3. The van der Waals surface area contributed by atoms with E-state index >= 15 is 0 Å². The quantitative estimate of drug-likeness (QED) is 0.726. The average Bonchev–Trinajstić information content (AvgIpc) is 2.17. The van der Waals surface area contributed by atoms with Crippen LogP contribution in [0.4, 0.5) is 0 Å². The lowest BCUT2D eigenvalue weighted by molar-refractivity contribution is 0.308. The minimum atomic E-state index is -3.14. The molecule has 0 fully saturated rings. The molecule has 0 atom stereocenters. The van der Waals surface area contributed by atoms with Crippen LogP contribution in [-0.4, -0.2) is 21.3 Å². The SMILES string of the molecule is CCCCOc1cccc(S(C)(=O)=O)c1. The van der Waals surface area contributed by atoms with Crippen molar-refractivity contribution in [3.05, 3.63) is 24.3 Å². The van der Waals surface area contributed by atoms with Gasteiger partial charge in [-0.25, -0.2) is 8.42 Å². The highest BCUT2D eigenvalue weighted by atomic mass is 32.2. The summed E-state index contributed by atoms with van der Waals surface area (Å²) >= 11 is 0. The van der Waals surface area contributed by atoms with E-state index in [1.54, 1.807) is 24.3 Å². The molecular formula is C11H16O3S. The summed E-state index contributed by atoms with van der Waals surface area (Å²) in [6.07, 6.45) is 3.23. The van der Waals surface area contributed by atoms with E-state index in [9.17, 15) is 8.42 Å². The highest BCUT2D eigenvalue weighted by molar-refractivity contribution is 7.90. The summed E-state index contributed by atoms with van der Waals surface area (Å²) in [7, 11) is -3.14. The Morgan fingerprint density at radius 1 is 1.33 bits per heavy atom. The van der Waals surface area contributed by atoms with Gasteiger partial charge in [-0.15, -0.1) is 0 Å². The van der Waals surface area contributed by atoms with Crippen LogP contribution in [-0.2, 0) is 9.84 Å². The molecule has 0 spiro atoms. The van der Waals surface area contributed by atoms with E-state index in [1.807, 2.05) is 0 Å². The summed E-state index contributed by atoms with van der Waals surface area (Å²) in [6, 6.07) is 6.59. The third kappa shape index (κ3) is 3.91. The Morgan fingerprint density at radius 3 is 2.67 bits per heavy atom. The van der Waals surface area contributed by atoms with Crippen molar-refractivity contribution in [2.45, 2.75) is 24.7 Å². The van der Waals surface area contributed by atoms with E-state index in [-0.39, 0.29) is 0 Å². The molecule has 0 aliphatic heterocycles. The van der Waals surface area contributed by atoms with Crippen LogP contribution in [0.15, 0.2) is 29.2 Å². The first kappa shape index (κ1) is 12.0. The Kier molecular flexibility index (Phi) is 4.15. The van der Waals surface area contributed by atoms with E-state index < -0.39 is 9.84 Å². The number of hydrogen-bond donors (Lipinski definition) is 0. The van der Waals surface area contributed by atoms with Crippen LogP contribution in [0.2, 0.25) is 0 Å². The van der Waals surface area contributed by atoms with Crippen LogP contribution in [0, 0.1) is 0 Å². The second kappa shape index (κ2) is 5.16. The van der Waals surface area contributed by atoms with Gasteiger partial charge < -0.3 is 4.74 Å². The Labute approximate surface area is 91.0 Å². The van der Waals surface area contributed by atoms with Crippen LogP contribution in [0.5, 0.6) is 5.75 Å². The highest BCUT2D eigenvalue weighted by Crippen LogP contribution is 2.17. The maximum atomic E-state index is 11.3. The zero-order valence-electron chi connectivity index (χ0n) is 9.06. The van der Waals surface area contributed by atoms with Gasteiger partial charge >= 0.3 is 0 Å². The molecule has 15 heavy (non-hydrogen) atoms. The summed E-state index contributed by atoms with van der Waals surface area (Å²) in [4.78, 5) is 0.302. The molecular weight excluding hydrogens is 212 g/mol. The number of hydrogen-bond acceptors (Lipinski definition) is 3. The molecule has 0 unspecified atom stereocenters. The molecule has 3 nitrogen and oxygen atoms in total. The van der Waals surface area contributed by atoms with Crippen molar-refractivity contribution in [1.82, 2.24) is 0 Å². The summed E-state index contributed by atoms with van der Waals surface area (Å²) < 4.78 is 27.9. The summed E-state index contributed by atoms with van der Waals surface area (Å²) in [5.41, 5.74) is 0. The fraction of sp³-hybridized carbons (Fsp3) is 0.455. The van der Waals surface area contributed by atoms with Crippen molar-refractivity contribution in [3.63, 3.8) is 0 Å². The number of sulfone groups is 1. The summed E-state index contributed by atoms with van der Waals surface area (Å²) in [5.74, 6) is 0.617. The summed E-state index contributed by atoms with van der Waals surface area (Å²) in [6.45, 7) is 2.71. The van der Waals surface area contributed by atoms with Gasteiger partial charge in [-0.3, -0.25) is 0 Å². The predicted molar refractivity (Wildman–Crippen MR) is 60.0 cm³/mol. The average molecular weight is 228 g/mol. The molecule has 1 aromatic carbocycles. The molecule has 84 valence electrons.